The standard InChI is InChI=1S/C8H14N2.C2H6/c1-4-8(9)7(3)6-10-5-2;1-2/h4-6H,9H2,1-3H3;1-2H3/b7-6+,8-4-,10-5?;. The van der Waals surface area contributed by atoms with Crippen LogP contribution in [-0.4, -0.2) is 6.21 Å². The summed E-state index contributed by atoms with van der Waals surface area (Å²) in [5, 5.41) is 0. The van der Waals surface area contributed by atoms with Gasteiger partial charge in [0.1, 0.15) is 0 Å². The molecule has 0 aromatic rings. The third-order valence-corrected chi connectivity index (χ3v) is 1.18. The minimum Gasteiger partial charge on any atom is -0.399 e. The van der Waals surface area contributed by atoms with Crippen molar-refractivity contribution in [1.29, 1.82) is 0 Å². The van der Waals surface area contributed by atoms with E-state index in [2.05, 4.69) is 4.99 Å². The van der Waals surface area contributed by atoms with E-state index in [0.717, 1.165) is 11.3 Å². The molecule has 0 heterocycles. The second-order valence-corrected chi connectivity index (χ2v) is 1.96. The summed E-state index contributed by atoms with van der Waals surface area (Å²) in [5.74, 6) is 0. The zero-order valence-electron chi connectivity index (χ0n) is 8.76. The lowest BCUT2D eigenvalue weighted by Gasteiger charge is -1.95. The Morgan fingerprint density at radius 3 is 2.08 bits per heavy atom. The molecule has 0 bridgehead atoms. The molecule has 2 heteroatoms. The molecule has 0 atom stereocenters. The number of nitrogens with zero attached hydrogens (tertiary/aromatic N) is 1. The molecule has 2 nitrogen and oxygen atoms in total. The molecule has 0 aliphatic carbocycles. The van der Waals surface area contributed by atoms with Gasteiger partial charge in [-0.3, -0.25) is 4.99 Å². The zero-order chi connectivity index (χ0) is 9.98. The Kier molecular flexibility index (Phi) is 11.2. The Bertz CT molecular complexity index is 176. The molecule has 2 N–H and O–H groups in total. The zero-order valence-corrected chi connectivity index (χ0v) is 8.76. The summed E-state index contributed by atoms with van der Waals surface area (Å²) >= 11 is 0. The number of aliphatic imine (C=N–C) groups is 1. The number of allylic oxidation sites excluding steroid dienone is 2. The highest BCUT2D eigenvalue weighted by Crippen LogP contribution is 2.00. The molecule has 0 spiro atoms. The van der Waals surface area contributed by atoms with E-state index < -0.39 is 0 Å². The minimum atomic E-state index is 0.783. The van der Waals surface area contributed by atoms with Gasteiger partial charge >= 0.3 is 0 Å². The molecule has 12 heavy (non-hydrogen) atoms. The highest BCUT2D eigenvalue weighted by Gasteiger charge is 1.87. The van der Waals surface area contributed by atoms with Crippen LogP contribution in [0.2, 0.25) is 0 Å². The smallest absolute Gasteiger partial charge is 0.0315 e. The summed E-state index contributed by atoms with van der Waals surface area (Å²) < 4.78 is 0. The summed E-state index contributed by atoms with van der Waals surface area (Å²) in [5.41, 5.74) is 7.36. The van der Waals surface area contributed by atoms with E-state index in [0.29, 0.717) is 0 Å². The van der Waals surface area contributed by atoms with Gasteiger partial charge in [-0.25, -0.2) is 0 Å². The predicted molar refractivity (Wildman–Crippen MR) is 57.2 cm³/mol. The molecule has 0 unspecified atom stereocenters. The van der Waals surface area contributed by atoms with Crippen molar-refractivity contribution in [1.82, 2.24) is 0 Å². The Morgan fingerprint density at radius 2 is 1.75 bits per heavy atom. The first-order chi connectivity index (χ1) is 5.72. The van der Waals surface area contributed by atoms with E-state index in [9.17, 15) is 0 Å². The van der Waals surface area contributed by atoms with Gasteiger partial charge in [-0.15, -0.1) is 0 Å². The monoisotopic (exact) mass is 168 g/mol. The predicted octanol–water partition coefficient (Wildman–Crippen LogP) is 2.87. The summed E-state index contributed by atoms with van der Waals surface area (Å²) in [4.78, 5) is 3.93. The SMILES string of the molecule is CC.CC=N/C=C(C)/C(N)=C/C. The van der Waals surface area contributed by atoms with E-state index in [1.165, 1.54) is 0 Å². The van der Waals surface area contributed by atoms with E-state index in [1.807, 2.05) is 40.7 Å². The van der Waals surface area contributed by atoms with Gasteiger partial charge in [0, 0.05) is 18.1 Å². The first-order valence-corrected chi connectivity index (χ1v) is 4.29. The second kappa shape index (κ2) is 9.95. The van der Waals surface area contributed by atoms with Crippen LogP contribution in [0.1, 0.15) is 34.6 Å². The molecule has 0 aromatic heterocycles. The molecule has 70 valence electrons. The van der Waals surface area contributed by atoms with E-state index >= 15 is 0 Å². The number of hydrogen-bond donors (Lipinski definition) is 1. The molecule has 0 rings (SSSR count). The Hall–Kier alpha value is -1.05. The van der Waals surface area contributed by atoms with Crippen LogP contribution >= 0.6 is 0 Å². The van der Waals surface area contributed by atoms with Crippen molar-refractivity contribution < 1.29 is 0 Å². The van der Waals surface area contributed by atoms with Gasteiger partial charge in [0.2, 0.25) is 0 Å². The molecular weight excluding hydrogens is 148 g/mol. The average molecular weight is 168 g/mol. The average Bonchev–Trinajstić information content (AvgIpc) is 2.16. The maximum atomic E-state index is 5.58. The topological polar surface area (TPSA) is 38.4 Å². The fourth-order valence-electron chi connectivity index (χ4n) is 0.489. The fraction of sp³-hybridized carbons (Fsp3) is 0.500. The van der Waals surface area contributed by atoms with Crippen LogP contribution in [0.5, 0.6) is 0 Å². The molecule has 0 aliphatic rings. The lowest BCUT2D eigenvalue weighted by atomic mass is 10.2. The quantitative estimate of drug-likeness (QED) is 0.499. The van der Waals surface area contributed by atoms with Crippen LogP contribution in [0.4, 0.5) is 0 Å². The third-order valence-electron chi connectivity index (χ3n) is 1.18. The second-order valence-electron chi connectivity index (χ2n) is 1.96. The van der Waals surface area contributed by atoms with Gasteiger partial charge in [-0.2, -0.15) is 0 Å². The number of hydrogen-bond acceptors (Lipinski definition) is 2. The van der Waals surface area contributed by atoms with Crippen LogP contribution in [0.3, 0.4) is 0 Å². The molecule has 0 saturated heterocycles. The van der Waals surface area contributed by atoms with Crippen molar-refractivity contribution in [3.63, 3.8) is 0 Å². The molecule has 0 amide bonds. The van der Waals surface area contributed by atoms with Crippen LogP contribution in [0, 0.1) is 0 Å². The van der Waals surface area contributed by atoms with Gasteiger partial charge < -0.3 is 5.73 Å². The number of nitrogens with two attached hydrogens (primary N) is 1. The first-order valence-electron chi connectivity index (χ1n) is 4.29. The fourth-order valence-corrected chi connectivity index (χ4v) is 0.489. The van der Waals surface area contributed by atoms with Crippen LogP contribution in [0.25, 0.3) is 0 Å². The third kappa shape index (κ3) is 7.06. The van der Waals surface area contributed by atoms with Gasteiger partial charge in [-0.05, 0) is 26.3 Å². The summed E-state index contributed by atoms with van der Waals surface area (Å²) in [6.45, 7) is 9.71. The minimum absolute atomic E-state index is 0.783. The Morgan fingerprint density at radius 1 is 1.25 bits per heavy atom. The number of rotatable bonds is 2. The van der Waals surface area contributed by atoms with Crippen molar-refractivity contribution in [2.45, 2.75) is 34.6 Å². The van der Waals surface area contributed by atoms with Crippen molar-refractivity contribution in [3.05, 3.63) is 23.5 Å². The maximum Gasteiger partial charge on any atom is 0.0315 e. The Labute approximate surface area is 75.9 Å². The van der Waals surface area contributed by atoms with Crippen molar-refractivity contribution in [2.75, 3.05) is 0 Å². The highest BCUT2D eigenvalue weighted by molar-refractivity contribution is 5.54. The van der Waals surface area contributed by atoms with E-state index in [-0.39, 0.29) is 0 Å². The molecule has 0 radical (unpaired) electrons. The normalized spacial score (nSPS) is 12.8. The summed E-state index contributed by atoms with van der Waals surface area (Å²) in [7, 11) is 0. The van der Waals surface area contributed by atoms with Crippen LogP contribution in [0.15, 0.2) is 28.5 Å². The van der Waals surface area contributed by atoms with Crippen molar-refractivity contribution in [3.8, 4) is 0 Å². The molecule has 0 aliphatic heterocycles. The van der Waals surface area contributed by atoms with Gasteiger partial charge in [-0.1, -0.05) is 19.9 Å². The molecule has 0 aromatic carbocycles. The van der Waals surface area contributed by atoms with Crippen molar-refractivity contribution >= 4 is 6.21 Å². The largest absolute Gasteiger partial charge is 0.399 e. The lowest BCUT2D eigenvalue weighted by Crippen LogP contribution is -1.96. The van der Waals surface area contributed by atoms with E-state index in [1.54, 1.807) is 12.4 Å². The molecule has 0 fully saturated rings. The molecule has 0 saturated carbocycles. The van der Waals surface area contributed by atoms with Crippen LogP contribution < -0.4 is 5.73 Å². The summed E-state index contributed by atoms with van der Waals surface area (Å²) in [6.07, 6.45) is 5.33. The van der Waals surface area contributed by atoms with Gasteiger partial charge in [0.25, 0.3) is 0 Å². The van der Waals surface area contributed by atoms with E-state index in [4.69, 9.17) is 5.73 Å². The molecular formula is C10H20N2. The van der Waals surface area contributed by atoms with Crippen LogP contribution in [-0.2, 0) is 0 Å². The summed E-state index contributed by atoms with van der Waals surface area (Å²) in [6, 6.07) is 0. The lowest BCUT2D eigenvalue weighted by molar-refractivity contribution is 1.25. The van der Waals surface area contributed by atoms with Crippen molar-refractivity contribution in [2.24, 2.45) is 10.7 Å². The maximum absolute atomic E-state index is 5.58. The van der Waals surface area contributed by atoms with Gasteiger partial charge in [0.15, 0.2) is 0 Å². The highest BCUT2D eigenvalue weighted by atomic mass is 14.7. The Balaban J connectivity index is 0. The van der Waals surface area contributed by atoms with Gasteiger partial charge in [0.05, 0.1) is 0 Å². The first kappa shape index (κ1) is 13.5.